The molecule has 0 saturated heterocycles. The van der Waals surface area contributed by atoms with E-state index in [0.717, 1.165) is 25.7 Å². The molecule has 4 aliphatic heterocycles. The van der Waals surface area contributed by atoms with Crippen LogP contribution in [-0.4, -0.2) is 22.2 Å². The summed E-state index contributed by atoms with van der Waals surface area (Å²) in [6, 6.07) is 102. The van der Waals surface area contributed by atoms with E-state index in [1.807, 2.05) is 0 Å². The van der Waals surface area contributed by atoms with Crippen molar-refractivity contribution >= 4 is 110 Å². The van der Waals surface area contributed by atoms with E-state index in [2.05, 4.69) is 357 Å². The number of rotatable bonds is 12. The minimum atomic E-state index is -0.0800. The van der Waals surface area contributed by atoms with Crippen LogP contribution in [0.2, 0.25) is 0 Å². The van der Waals surface area contributed by atoms with Gasteiger partial charge in [-0.3, -0.25) is 0 Å². The topological polar surface area (TPSA) is 13.0 Å². The molecule has 15 aromatic carbocycles. The number of hydrogen-bond donors (Lipinski definition) is 0. The van der Waals surface area contributed by atoms with Crippen molar-refractivity contribution in [2.24, 2.45) is 23.7 Å². The first-order valence-corrected chi connectivity index (χ1v) is 45.6. The quantitative estimate of drug-likeness (QED) is 0.121. The Morgan fingerprint density at radius 1 is 0.237 bits per heavy atom. The summed E-state index contributed by atoms with van der Waals surface area (Å²) in [4.78, 5) is 11.0. The molecule has 8 aliphatic rings. The van der Waals surface area contributed by atoms with Gasteiger partial charge in [-0.25, -0.2) is 0 Å². The molecule has 4 saturated carbocycles. The molecule has 4 heteroatoms. The molecule has 4 fully saturated rings. The largest absolute Gasteiger partial charge is 0.334 e. The van der Waals surface area contributed by atoms with Crippen LogP contribution in [-0.2, 0) is 21.7 Å². The third-order valence-electron chi connectivity index (χ3n) is 35.3. The summed E-state index contributed by atoms with van der Waals surface area (Å²) in [5.74, 6) is 2.72. The summed E-state index contributed by atoms with van der Waals surface area (Å²) in [5, 5.41) is 16.2. The van der Waals surface area contributed by atoms with Crippen molar-refractivity contribution in [3.8, 4) is 44.5 Å². The Balaban J connectivity index is 0.762. The van der Waals surface area contributed by atoms with Crippen molar-refractivity contribution in [3.63, 3.8) is 0 Å². The van der Waals surface area contributed by atoms with Gasteiger partial charge in [-0.1, -0.05) is 227 Å². The maximum atomic E-state index is 2.76. The molecule has 0 bridgehead atoms. The van der Waals surface area contributed by atoms with Crippen LogP contribution in [0.15, 0.2) is 255 Å². The first kappa shape index (κ1) is 72.8. The van der Waals surface area contributed by atoms with Crippen LogP contribution in [0, 0.1) is 23.7 Å². The monoisotopic (exact) mass is 1540 g/mol. The Morgan fingerprint density at radius 3 is 0.669 bits per heavy atom. The summed E-state index contributed by atoms with van der Waals surface area (Å²) >= 11 is 0. The van der Waals surface area contributed by atoms with Gasteiger partial charge in [-0.05, 0) is 369 Å². The minimum absolute atomic E-state index is 0.0652. The molecule has 0 spiro atoms. The zero-order chi connectivity index (χ0) is 80.1. The lowest BCUT2D eigenvalue weighted by Gasteiger charge is -2.52. The van der Waals surface area contributed by atoms with E-state index >= 15 is 0 Å². The lowest BCUT2D eigenvalue weighted by atomic mass is 9.58. The smallest absolute Gasteiger partial charge is 0.0518 e. The van der Waals surface area contributed by atoms with E-state index in [9.17, 15) is 0 Å². The second-order valence-electron chi connectivity index (χ2n) is 40.2. The van der Waals surface area contributed by atoms with Gasteiger partial charge in [-0.15, -0.1) is 0 Å². The Hall–Kier alpha value is -10.4. The zero-order valence-corrected chi connectivity index (χ0v) is 71.7. The number of para-hydroxylation sites is 4. The average molecular weight is 1540 g/mol. The van der Waals surface area contributed by atoms with Gasteiger partial charge in [0.15, 0.2) is 0 Å². The number of fused-ring (bicyclic) bond motifs is 18. The highest BCUT2D eigenvalue weighted by Crippen LogP contribution is 2.69. The maximum absolute atomic E-state index is 2.76. The van der Waals surface area contributed by atoms with Gasteiger partial charge in [0.2, 0.25) is 0 Å². The fraction of sp³-hybridized carbons (Fsp3) is 0.351. The number of anilines is 8. The van der Waals surface area contributed by atoms with Crippen LogP contribution in [0.3, 0.4) is 0 Å². The fourth-order valence-electron chi connectivity index (χ4n) is 27.8. The van der Waals surface area contributed by atoms with E-state index < -0.39 is 0 Å². The molecule has 4 aliphatic carbocycles. The molecule has 590 valence electrons. The van der Waals surface area contributed by atoms with Crippen molar-refractivity contribution in [2.45, 2.75) is 230 Å². The van der Waals surface area contributed by atoms with Gasteiger partial charge in [-0.2, -0.15) is 0 Å². The van der Waals surface area contributed by atoms with E-state index in [4.69, 9.17) is 0 Å². The SMILES string of the molecule is CCC1CCC2(C)N(c3ccccc3)c3ccc(-c4ccc5c6cc7c(cc6c6ccc(-c8ccc9c(c8)C8(C)CC(CC)CCC8(C)N9c8ccccc8)c4c56)c4ccc(-c5ccc6c(c5)C5(C)CC(CC)CCC5(C)N6c5ccccc5)c5c(-c6ccc8c(c6)C6(C)CC(CC)CCC6(C)N8c6ccccc6)ccc7c54)cc3C2(C)C1. The van der Waals surface area contributed by atoms with Gasteiger partial charge >= 0.3 is 0 Å². The Labute approximate surface area is 700 Å². The molecule has 0 N–H and O–H groups in total. The van der Waals surface area contributed by atoms with Crippen LogP contribution in [0.1, 0.15) is 208 Å². The normalized spacial score (nSPS) is 28.8. The molecular weight excluding hydrogens is 1430 g/mol. The third kappa shape index (κ3) is 9.45. The summed E-state index contributed by atoms with van der Waals surface area (Å²) < 4.78 is 0. The lowest BCUT2D eigenvalue weighted by Crippen LogP contribution is -2.56. The maximum Gasteiger partial charge on any atom is 0.0518 e. The van der Waals surface area contributed by atoms with Crippen LogP contribution in [0.25, 0.3) is 109 Å². The van der Waals surface area contributed by atoms with Gasteiger partial charge in [0, 0.05) is 67.2 Å². The van der Waals surface area contributed by atoms with Gasteiger partial charge in [0.1, 0.15) is 0 Å². The van der Waals surface area contributed by atoms with E-state index in [1.165, 1.54) is 254 Å². The molecule has 12 unspecified atom stereocenters. The number of benzene rings is 13. The average Bonchev–Trinajstić information content (AvgIpc) is 1.54. The molecule has 0 radical (unpaired) electrons. The third-order valence-corrected chi connectivity index (χ3v) is 35.3. The van der Waals surface area contributed by atoms with Crippen LogP contribution in [0.5, 0.6) is 0 Å². The first-order valence-electron chi connectivity index (χ1n) is 45.6. The molecular formula is C114H114N4. The molecule has 0 aromatic heterocycles. The van der Waals surface area contributed by atoms with Crippen molar-refractivity contribution in [3.05, 3.63) is 277 Å². The second kappa shape index (κ2) is 25.6. The molecule has 4 nitrogen and oxygen atoms in total. The molecule has 0 amide bonds. The zero-order valence-electron chi connectivity index (χ0n) is 71.7. The summed E-state index contributed by atoms with van der Waals surface area (Å²) in [6.45, 7) is 30.7. The molecule has 4 heterocycles. The Kier molecular flexibility index (Phi) is 15.8. The number of nitrogens with zero attached hydrogens (tertiary/aromatic N) is 4. The Morgan fingerprint density at radius 2 is 0.458 bits per heavy atom. The number of hydrogen-bond acceptors (Lipinski definition) is 4. The van der Waals surface area contributed by atoms with Gasteiger partial charge < -0.3 is 19.6 Å². The van der Waals surface area contributed by atoms with Crippen molar-refractivity contribution < 1.29 is 0 Å². The van der Waals surface area contributed by atoms with Crippen LogP contribution >= 0.6 is 0 Å². The Bertz CT molecular complexity index is 5820. The predicted octanol–water partition coefficient (Wildman–Crippen LogP) is 31.7. The second-order valence-corrected chi connectivity index (χ2v) is 40.2. The lowest BCUT2D eigenvalue weighted by molar-refractivity contribution is 0.143. The fourth-order valence-corrected chi connectivity index (χ4v) is 27.8. The summed E-state index contributed by atoms with van der Waals surface area (Å²) in [6.07, 6.45) is 19.2. The van der Waals surface area contributed by atoms with Crippen molar-refractivity contribution in [1.82, 2.24) is 0 Å². The molecule has 118 heavy (non-hydrogen) atoms. The first-order chi connectivity index (χ1) is 57.2. The van der Waals surface area contributed by atoms with E-state index in [0.29, 0.717) is 23.7 Å². The van der Waals surface area contributed by atoms with Crippen LogP contribution in [0.4, 0.5) is 45.5 Å². The van der Waals surface area contributed by atoms with Gasteiger partial charge in [0.25, 0.3) is 0 Å². The summed E-state index contributed by atoms with van der Waals surface area (Å²) in [7, 11) is 0. The predicted molar refractivity (Wildman–Crippen MR) is 503 cm³/mol. The van der Waals surface area contributed by atoms with E-state index in [-0.39, 0.29) is 43.8 Å². The van der Waals surface area contributed by atoms with E-state index in [1.54, 1.807) is 0 Å². The van der Waals surface area contributed by atoms with Gasteiger partial charge in [0.05, 0.1) is 22.2 Å². The highest BCUT2D eigenvalue weighted by molar-refractivity contribution is 6.40. The van der Waals surface area contributed by atoms with Crippen LogP contribution < -0.4 is 19.6 Å². The molecule has 23 rings (SSSR count). The highest BCUT2D eigenvalue weighted by atomic mass is 15.3. The highest BCUT2D eigenvalue weighted by Gasteiger charge is 2.64. The summed E-state index contributed by atoms with van der Waals surface area (Å²) in [5.41, 5.74) is 26.7. The standard InChI is InChI=1S/C114H114N4/c1-13-71-53-57-111(9)107(5,67-71)95-61-75(37-49-99(95)115(111)79-29-21-17-22-30-79)83-41-45-87-91-65-93-89-47-43-85(77-39-51-101-97(63-77)109(7)69-73(15-3)55-59-113(109,11)117(101)81-33-25-19-26-34-81)104-86(78-40-52-102-98(64-78)110(8)70-74(16-4)56-60-114(110,12)118(102)82-35-27-20-28-36-82)44-48-90(106(89)104)94(93)66-92(91)88-46-42-84(103(83)105(87)88)76-38-50-100-96(62-76)108(6)68-72(14-2)54-58-112(108,10)116(100)80-31-23-18-24-32-80/h17-52,61-66,71-74H,13-16,53-60,67-70H2,1-12H3. The van der Waals surface area contributed by atoms with Crippen molar-refractivity contribution in [2.75, 3.05) is 19.6 Å². The molecule has 12 atom stereocenters. The molecule has 15 aromatic rings. The van der Waals surface area contributed by atoms with Crippen molar-refractivity contribution in [1.29, 1.82) is 0 Å². The minimum Gasteiger partial charge on any atom is -0.334 e.